The molecule has 0 radical (unpaired) electrons. The molecule has 0 aromatic heterocycles. The van der Waals surface area contributed by atoms with Crippen LogP contribution in [0.5, 0.6) is 0 Å². The number of ether oxygens (including phenoxy) is 1. The zero-order valence-corrected chi connectivity index (χ0v) is 8.28. The molecule has 0 spiro atoms. The molecule has 0 aliphatic heterocycles. The average molecular weight is 223 g/mol. The molecule has 0 aliphatic carbocycles. The topological polar surface area (TPSA) is 38.3 Å². The molecule has 15 heavy (non-hydrogen) atoms. The lowest BCUT2D eigenvalue weighted by atomic mass is 10.4. The van der Waals surface area contributed by atoms with Crippen LogP contribution in [-0.2, 0) is 9.53 Å². The minimum absolute atomic E-state index is 0.315. The van der Waals surface area contributed by atoms with E-state index < -0.39 is 25.3 Å². The normalized spacial score (nSPS) is 10.4. The number of nitrogens with one attached hydrogen (secondary N) is 1. The van der Waals surface area contributed by atoms with Gasteiger partial charge in [0, 0.05) is 13.0 Å². The summed E-state index contributed by atoms with van der Waals surface area (Å²) in [5.74, 6) is 4.75. The van der Waals surface area contributed by atoms with Crippen molar-refractivity contribution in [2.24, 2.45) is 0 Å². The summed E-state index contributed by atoms with van der Waals surface area (Å²) in [6.07, 6.45) is -3.92. The molecule has 0 aromatic rings. The van der Waals surface area contributed by atoms with Gasteiger partial charge in [-0.3, -0.25) is 4.79 Å². The van der Waals surface area contributed by atoms with Gasteiger partial charge in [0.2, 0.25) is 5.91 Å². The lowest BCUT2D eigenvalue weighted by Crippen LogP contribution is -2.30. The molecule has 1 N–H and O–H groups in total. The van der Waals surface area contributed by atoms with E-state index in [1.165, 1.54) is 0 Å². The maximum absolute atomic E-state index is 11.6. The monoisotopic (exact) mass is 223 g/mol. The predicted octanol–water partition coefficient (Wildman–Crippen LogP) is 1.09. The summed E-state index contributed by atoms with van der Waals surface area (Å²) in [5.41, 5.74) is 0. The minimum atomic E-state index is -4.39. The lowest BCUT2D eigenvalue weighted by molar-refractivity contribution is -0.175. The van der Waals surface area contributed by atoms with Gasteiger partial charge in [-0.1, -0.05) is 0 Å². The Hall–Kier alpha value is -1.22. The van der Waals surface area contributed by atoms with Crippen LogP contribution in [0.2, 0.25) is 0 Å². The van der Waals surface area contributed by atoms with E-state index in [9.17, 15) is 18.0 Å². The summed E-state index contributed by atoms with van der Waals surface area (Å²) in [4.78, 5) is 10.8. The number of rotatable bonds is 5. The van der Waals surface area contributed by atoms with Crippen LogP contribution in [0.1, 0.15) is 13.3 Å². The summed E-state index contributed by atoms with van der Waals surface area (Å²) >= 11 is 0. The predicted molar refractivity (Wildman–Crippen MR) is 48.0 cm³/mol. The molecule has 0 saturated carbocycles. The number of carbonyl (C=O) groups is 1. The zero-order chi connectivity index (χ0) is 11.7. The highest BCUT2D eigenvalue weighted by Gasteiger charge is 2.27. The fraction of sp³-hybridized carbons (Fsp3) is 0.667. The maximum atomic E-state index is 11.6. The second kappa shape index (κ2) is 7.12. The second-order valence-electron chi connectivity index (χ2n) is 2.63. The van der Waals surface area contributed by atoms with Crippen LogP contribution in [0.3, 0.4) is 0 Å². The molecule has 0 aliphatic rings. The van der Waals surface area contributed by atoms with Crippen LogP contribution >= 0.6 is 0 Å². The van der Waals surface area contributed by atoms with Crippen LogP contribution < -0.4 is 5.32 Å². The standard InChI is InChI=1S/C9H12F3NO2/c1-2-3-4-5-13-8(14)6-15-7-9(10,11)12/h4-7H2,1H3,(H,13,14). The summed E-state index contributed by atoms with van der Waals surface area (Å²) in [5, 5.41) is 2.37. The minimum Gasteiger partial charge on any atom is -0.362 e. The molecule has 1 amide bonds. The fourth-order valence-electron chi connectivity index (χ4n) is 0.700. The first-order valence-corrected chi connectivity index (χ1v) is 4.26. The second-order valence-corrected chi connectivity index (χ2v) is 2.63. The van der Waals surface area contributed by atoms with Crippen LogP contribution in [0.25, 0.3) is 0 Å². The van der Waals surface area contributed by atoms with Gasteiger partial charge in [0.05, 0.1) is 0 Å². The van der Waals surface area contributed by atoms with E-state index in [-0.39, 0.29) is 0 Å². The Labute approximate surface area is 86.0 Å². The molecule has 6 heteroatoms. The Bertz CT molecular complexity index is 252. The zero-order valence-electron chi connectivity index (χ0n) is 8.28. The molecule has 0 rings (SSSR count). The van der Waals surface area contributed by atoms with Gasteiger partial charge in [-0.2, -0.15) is 13.2 Å². The van der Waals surface area contributed by atoms with Crippen molar-refractivity contribution in [1.82, 2.24) is 5.32 Å². The van der Waals surface area contributed by atoms with E-state index in [1.807, 2.05) is 0 Å². The molecule has 0 atom stereocenters. The van der Waals surface area contributed by atoms with Gasteiger partial charge in [-0.15, -0.1) is 11.8 Å². The van der Waals surface area contributed by atoms with E-state index in [1.54, 1.807) is 6.92 Å². The number of carbonyl (C=O) groups excluding carboxylic acids is 1. The molecule has 0 aromatic carbocycles. The Kier molecular flexibility index (Phi) is 6.54. The number of alkyl halides is 3. The largest absolute Gasteiger partial charge is 0.411 e. The number of hydrogen-bond donors (Lipinski definition) is 1. The number of amides is 1. The SMILES string of the molecule is CC#CCCNC(=O)COCC(F)(F)F. The highest BCUT2D eigenvalue weighted by Crippen LogP contribution is 2.13. The van der Waals surface area contributed by atoms with Crippen molar-refractivity contribution in [2.75, 3.05) is 19.8 Å². The van der Waals surface area contributed by atoms with E-state index >= 15 is 0 Å². The van der Waals surface area contributed by atoms with Crippen LogP contribution in [0, 0.1) is 11.8 Å². The van der Waals surface area contributed by atoms with Gasteiger partial charge >= 0.3 is 6.18 Å². The Balaban J connectivity index is 3.44. The number of hydrogen-bond acceptors (Lipinski definition) is 2. The quantitative estimate of drug-likeness (QED) is 0.559. The Morgan fingerprint density at radius 3 is 2.67 bits per heavy atom. The van der Waals surface area contributed by atoms with Crippen LogP contribution in [0.4, 0.5) is 13.2 Å². The van der Waals surface area contributed by atoms with Crippen LogP contribution in [-0.4, -0.2) is 31.8 Å². The maximum Gasteiger partial charge on any atom is 0.411 e. The first kappa shape index (κ1) is 13.8. The van der Waals surface area contributed by atoms with E-state index in [0.29, 0.717) is 13.0 Å². The third-order valence-corrected chi connectivity index (χ3v) is 1.25. The van der Waals surface area contributed by atoms with Crippen molar-refractivity contribution in [1.29, 1.82) is 0 Å². The van der Waals surface area contributed by atoms with Crippen molar-refractivity contribution >= 4 is 5.91 Å². The summed E-state index contributed by atoms with van der Waals surface area (Å²) in [7, 11) is 0. The average Bonchev–Trinajstić information content (AvgIpc) is 2.10. The third kappa shape index (κ3) is 10.7. The van der Waals surface area contributed by atoms with Crippen molar-refractivity contribution < 1.29 is 22.7 Å². The van der Waals surface area contributed by atoms with Gasteiger partial charge < -0.3 is 10.1 Å². The van der Waals surface area contributed by atoms with Gasteiger partial charge in [-0.25, -0.2) is 0 Å². The third-order valence-electron chi connectivity index (χ3n) is 1.25. The van der Waals surface area contributed by atoms with Crippen molar-refractivity contribution in [3.8, 4) is 11.8 Å². The molecule has 0 unspecified atom stereocenters. The van der Waals surface area contributed by atoms with E-state index in [2.05, 4.69) is 21.9 Å². The first-order valence-electron chi connectivity index (χ1n) is 4.26. The molecule has 86 valence electrons. The van der Waals surface area contributed by atoms with Gasteiger partial charge in [0.25, 0.3) is 0 Å². The highest BCUT2D eigenvalue weighted by molar-refractivity contribution is 5.77. The summed E-state index contributed by atoms with van der Waals surface area (Å²) in [6, 6.07) is 0. The van der Waals surface area contributed by atoms with Crippen molar-refractivity contribution in [2.45, 2.75) is 19.5 Å². The van der Waals surface area contributed by atoms with E-state index in [4.69, 9.17) is 0 Å². The van der Waals surface area contributed by atoms with Gasteiger partial charge in [0.1, 0.15) is 13.2 Å². The Morgan fingerprint density at radius 1 is 1.47 bits per heavy atom. The van der Waals surface area contributed by atoms with Gasteiger partial charge in [0.15, 0.2) is 0 Å². The molecule has 0 heterocycles. The first-order chi connectivity index (χ1) is 6.95. The molecule has 3 nitrogen and oxygen atoms in total. The molecular weight excluding hydrogens is 211 g/mol. The molecule has 0 saturated heterocycles. The van der Waals surface area contributed by atoms with Crippen molar-refractivity contribution in [3.63, 3.8) is 0 Å². The summed E-state index contributed by atoms with van der Waals surface area (Å²) < 4.78 is 38.9. The van der Waals surface area contributed by atoms with Crippen LogP contribution in [0.15, 0.2) is 0 Å². The van der Waals surface area contributed by atoms with Crippen molar-refractivity contribution in [3.05, 3.63) is 0 Å². The fourth-order valence-corrected chi connectivity index (χ4v) is 0.700. The van der Waals surface area contributed by atoms with E-state index in [0.717, 1.165) is 0 Å². The molecular formula is C9H12F3NO2. The van der Waals surface area contributed by atoms with Gasteiger partial charge in [-0.05, 0) is 6.92 Å². The Morgan fingerprint density at radius 2 is 2.13 bits per heavy atom. The summed E-state index contributed by atoms with van der Waals surface area (Å²) in [6.45, 7) is -0.0163. The lowest BCUT2D eigenvalue weighted by Gasteiger charge is -2.07. The smallest absolute Gasteiger partial charge is 0.362 e. The molecule has 0 bridgehead atoms. The molecule has 0 fully saturated rings. The highest BCUT2D eigenvalue weighted by atomic mass is 19.4. The number of halogens is 3.